The normalized spacial score (nSPS) is 9.13. The van der Waals surface area contributed by atoms with Gasteiger partial charge in [-0.3, -0.25) is 9.59 Å². The number of aliphatic carboxylic acids is 1. The minimum absolute atomic E-state index is 0.400. The van der Waals surface area contributed by atoms with Crippen LogP contribution in [0.15, 0.2) is 0 Å². The average Bonchev–Trinajstić information content (AvgIpc) is 2.10. The fourth-order valence-corrected chi connectivity index (χ4v) is 0.576. The number of ketones is 1. The zero-order chi connectivity index (χ0) is 11.8. The maximum atomic E-state index is 10.7. The number of hydrogen-bond acceptors (Lipinski definition) is 6. The number of rotatable bonds is 5. The molecule has 0 aromatic carbocycles. The van der Waals surface area contributed by atoms with Crippen LogP contribution >= 0.6 is 0 Å². The second-order valence-electron chi connectivity index (χ2n) is 2.68. The molecule has 15 heavy (non-hydrogen) atoms. The highest BCUT2D eigenvalue weighted by Crippen LogP contribution is 1.95. The van der Waals surface area contributed by atoms with Gasteiger partial charge < -0.3 is 5.11 Å². The smallest absolute Gasteiger partial charge is 0.362 e. The molecule has 0 saturated carbocycles. The molecule has 7 heteroatoms. The van der Waals surface area contributed by atoms with Crippen molar-refractivity contribution in [1.82, 2.24) is 0 Å². The molecular formula is C8H10O7. The van der Waals surface area contributed by atoms with E-state index in [-0.39, 0.29) is 0 Å². The van der Waals surface area contributed by atoms with Gasteiger partial charge in [-0.25, -0.2) is 19.4 Å². The third-order valence-corrected chi connectivity index (χ3v) is 1.16. The van der Waals surface area contributed by atoms with Crippen LogP contribution in [0, 0.1) is 0 Å². The molecule has 0 aliphatic heterocycles. The van der Waals surface area contributed by atoms with Crippen molar-refractivity contribution in [2.75, 3.05) is 0 Å². The van der Waals surface area contributed by atoms with Gasteiger partial charge in [0.1, 0.15) is 12.2 Å². The van der Waals surface area contributed by atoms with Gasteiger partial charge in [0, 0.05) is 0 Å². The first-order valence-corrected chi connectivity index (χ1v) is 4.03. The van der Waals surface area contributed by atoms with Crippen LogP contribution in [-0.4, -0.2) is 28.8 Å². The highest BCUT2D eigenvalue weighted by molar-refractivity contribution is 5.94. The van der Waals surface area contributed by atoms with Crippen molar-refractivity contribution >= 4 is 23.7 Å². The summed E-state index contributed by atoms with van der Waals surface area (Å²) in [4.78, 5) is 49.7. The first-order valence-electron chi connectivity index (χ1n) is 4.03. The van der Waals surface area contributed by atoms with Crippen molar-refractivity contribution in [2.24, 2.45) is 0 Å². The lowest BCUT2D eigenvalue weighted by Gasteiger charge is -2.00. The lowest BCUT2D eigenvalue weighted by molar-refractivity contribution is -0.258. The molecule has 7 nitrogen and oxygen atoms in total. The third kappa shape index (κ3) is 8.41. The maximum Gasteiger partial charge on any atom is 0.362 e. The molecule has 0 aliphatic rings. The Balaban J connectivity index is 3.66. The number of carbonyl (C=O) groups is 4. The summed E-state index contributed by atoms with van der Waals surface area (Å²) < 4.78 is 0. The Bertz CT molecular complexity index is 281. The molecule has 0 aliphatic carbocycles. The van der Waals surface area contributed by atoms with Crippen LogP contribution in [0.1, 0.15) is 26.2 Å². The van der Waals surface area contributed by atoms with Gasteiger partial charge in [-0.2, -0.15) is 0 Å². The van der Waals surface area contributed by atoms with E-state index in [1.54, 1.807) is 0 Å². The van der Waals surface area contributed by atoms with Crippen LogP contribution in [0.4, 0.5) is 0 Å². The van der Waals surface area contributed by atoms with Crippen LogP contribution in [0.3, 0.4) is 0 Å². The van der Waals surface area contributed by atoms with Crippen LogP contribution in [0.5, 0.6) is 0 Å². The molecule has 0 aromatic heterocycles. The molecule has 0 aromatic rings. The molecule has 0 spiro atoms. The van der Waals surface area contributed by atoms with Gasteiger partial charge in [0.05, 0.1) is 12.8 Å². The summed E-state index contributed by atoms with van der Waals surface area (Å²) in [6, 6.07) is 0. The van der Waals surface area contributed by atoms with Crippen LogP contribution in [0.2, 0.25) is 0 Å². The molecule has 0 heterocycles. The van der Waals surface area contributed by atoms with Gasteiger partial charge in [-0.1, -0.05) is 0 Å². The second-order valence-corrected chi connectivity index (χ2v) is 2.68. The fourth-order valence-electron chi connectivity index (χ4n) is 0.576. The van der Waals surface area contributed by atoms with Crippen LogP contribution in [-0.2, 0) is 29.0 Å². The van der Waals surface area contributed by atoms with Gasteiger partial charge in [0.2, 0.25) is 0 Å². The van der Waals surface area contributed by atoms with Crippen molar-refractivity contribution in [1.29, 1.82) is 0 Å². The van der Waals surface area contributed by atoms with Crippen LogP contribution < -0.4 is 0 Å². The summed E-state index contributed by atoms with van der Waals surface area (Å²) in [7, 11) is 0. The molecule has 0 bridgehead atoms. The Kier molecular flexibility index (Phi) is 5.69. The first-order chi connectivity index (χ1) is 6.91. The monoisotopic (exact) mass is 218 g/mol. The second kappa shape index (κ2) is 6.52. The Hall–Kier alpha value is -1.92. The van der Waals surface area contributed by atoms with Gasteiger partial charge in [0.25, 0.3) is 0 Å². The molecule has 0 rings (SSSR count). The fraction of sp³-hybridized carbons (Fsp3) is 0.500. The van der Waals surface area contributed by atoms with E-state index in [0.717, 1.165) is 0 Å². The van der Waals surface area contributed by atoms with E-state index in [1.807, 2.05) is 0 Å². The summed E-state index contributed by atoms with van der Waals surface area (Å²) in [6.07, 6.45) is -1.31. The summed E-state index contributed by atoms with van der Waals surface area (Å²) >= 11 is 0. The van der Waals surface area contributed by atoms with Crippen molar-refractivity contribution in [3.8, 4) is 0 Å². The van der Waals surface area contributed by atoms with Crippen molar-refractivity contribution < 1.29 is 34.1 Å². The molecule has 0 amide bonds. The Morgan fingerprint density at radius 2 is 1.53 bits per heavy atom. The molecule has 1 N–H and O–H groups in total. The summed E-state index contributed by atoms with van der Waals surface area (Å²) in [6.45, 7) is 1.17. The number of carbonyl (C=O) groups excluding carboxylic acids is 3. The standard InChI is InChI=1S/C8H10O7/c1-5(9)4-8(13)15-14-7(12)3-2-6(10)11/h2-4H2,1H3,(H,10,11). The molecule has 0 saturated heterocycles. The topological polar surface area (TPSA) is 107 Å². The highest BCUT2D eigenvalue weighted by Gasteiger charge is 2.12. The van der Waals surface area contributed by atoms with E-state index in [0.29, 0.717) is 0 Å². The average molecular weight is 218 g/mol. The van der Waals surface area contributed by atoms with Gasteiger partial charge >= 0.3 is 17.9 Å². The van der Waals surface area contributed by atoms with Gasteiger partial charge in [-0.15, -0.1) is 0 Å². The Labute approximate surface area is 84.9 Å². The van der Waals surface area contributed by atoms with Crippen molar-refractivity contribution in [3.05, 3.63) is 0 Å². The van der Waals surface area contributed by atoms with Gasteiger partial charge in [0.15, 0.2) is 0 Å². The molecule has 0 radical (unpaired) electrons. The lowest BCUT2D eigenvalue weighted by atomic mass is 10.3. The predicted molar refractivity (Wildman–Crippen MR) is 44.4 cm³/mol. The van der Waals surface area contributed by atoms with E-state index in [1.165, 1.54) is 6.92 Å². The summed E-state index contributed by atoms with van der Waals surface area (Å²) in [5.41, 5.74) is 0. The van der Waals surface area contributed by atoms with E-state index in [9.17, 15) is 19.2 Å². The predicted octanol–water partition coefficient (Wildman–Crippen LogP) is -0.168. The van der Waals surface area contributed by atoms with E-state index in [2.05, 4.69) is 9.78 Å². The molecule has 0 fully saturated rings. The van der Waals surface area contributed by atoms with E-state index >= 15 is 0 Å². The molecule has 0 atom stereocenters. The minimum atomic E-state index is -1.16. The zero-order valence-electron chi connectivity index (χ0n) is 8.02. The maximum absolute atomic E-state index is 10.7. The number of hydrogen-bond donors (Lipinski definition) is 1. The summed E-state index contributed by atoms with van der Waals surface area (Å²) in [5, 5.41) is 8.20. The first kappa shape index (κ1) is 13.1. The molecule has 84 valence electrons. The minimum Gasteiger partial charge on any atom is -0.481 e. The van der Waals surface area contributed by atoms with Gasteiger partial charge in [-0.05, 0) is 6.92 Å². The Morgan fingerprint density at radius 1 is 1.00 bits per heavy atom. The summed E-state index contributed by atoms with van der Waals surface area (Å²) in [5.74, 6) is -3.57. The zero-order valence-corrected chi connectivity index (χ0v) is 8.02. The number of carboxylic acids is 1. The molecule has 0 unspecified atom stereocenters. The quantitative estimate of drug-likeness (QED) is 0.387. The molecular weight excluding hydrogens is 208 g/mol. The van der Waals surface area contributed by atoms with E-state index < -0.39 is 43.0 Å². The largest absolute Gasteiger partial charge is 0.481 e. The lowest BCUT2D eigenvalue weighted by Crippen LogP contribution is -2.14. The SMILES string of the molecule is CC(=O)CC(=O)OOC(=O)CCC(=O)O. The number of carboxylic acid groups (broad SMARTS) is 1. The van der Waals surface area contributed by atoms with Crippen molar-refractivity contribution in [2.45, 2.75) is 26.2 Å². The van der Waals surface area contributed by atoms with Crippen LogP contribution in [0.25, 0.3) is 0 Å². The number of Topliss-reactive ketones (excluding diaryl/α,β-unsaturated/α-hetero) is 1. The Morgan fingerprint density at radius 3 is 2.00 bits per heavy atom. The van der Waals surface area contributed by atoms with Crippen molar-refractivity contribution in [3.63, 3.8) is 0 Å². The van der Waals surface area contributed by atoms with E-state index in [4.69, 9.17) is 5.11 Å². The third-order valence-electron chi connectivity index (χ3n) is 1.16. The highest BCUT2D eigenvalue weighted by atomic mass is 17.2.